The van der Waals surface area contributed by atoms with Crippen LogP contribution in [0.4, 0.5) is 13.2 Å². The summed E-state index contributed by atoms with van der Waals surface area (Å²) in [6, 6.07) is 1.52. The maximum atomic E-state index is 13.1. The van der Waals surface area contributed by atoms with Gasteiger partial charge in [0.15, 0.2) is 0 Å². The number of nitrogens with zero attached hydrogens (tertiary/aromatic N) is 1. The summed E-state index contributed by atoms with van der Waals surface area (Å²) >= 11 is 0. The average molecular weight is 391 g/mol. The smallest absolute Gasteiger partial charge is 0.417 e. The number of likely N-dealkylation sites (N-methyl/N-ethyl adjacent to an activating group) is 1. The first kappa shape index (κ1) is 22.6. The molecule has 0 aliphatic carbocycles. The first-order valence-corrected chi connectivity index (χ1v) is 7.88. The second-order valence-electron chi connectivity index (χ2n) is 4.80. The predicted molar refractivity (Wildman–Crippen MR) is 83.5 cm³/mol. The van der Waals surface area contributed by atoms with Crippen LogP contribution < -0.4 is 5.73 Å². The van der Waals surface area contributed by atoms with Crippen LogP contribution in [0, 0.1) is 0 Å². The van der Waals surface area contributed by atoms with E-state index in [0.29, 0.717) is 6.07 Å². The molecule has 2 N–H and O–H groups in total. The molecule has 0 amide bonds. The van der Waals surface area contributed by atoms with Crippen molar-refractivity contribution in [2.45, 2.75) is 24.0 Å². The summed E-state index contributed by atoms with van der Waals surface area (Å²) in [5.41, 5.74) is 3.25. The van der Waals surface area contributed by atoms with Crippen molar-refractivity contribution in [1.82, 2.24) is 4.31 Å². The Morgan fingerprint density at radius 3 is 2.33 bits per heavy atom. The third kappa shape index (κ3) is 4.59. The summed E-state index contributed by atoms with van der Waals surface area (Å²) in [7, 11) is -2.03. The number of methoxy groups -OCH3 is 1. The van der Waals surface area contributed by atoms with E-state index in [1.807, 2.05) is 0 Å². The number of sulfonamides is 1. The lowest BCUT2D eigenvalue weighted by Crippen LogP contribution is -2.39. The van der Waals surface area contributed by atoms with Gasteiger partial charge in [-0.25, -0.2) is 13.2 Å². The molecular weight excluding hydrogens is 373 g/mol. The van der Waals surface area contributed by atoms with Gasteiger partial charge in [0, 0.05) is 19.6 Å². The van der Waals surface area contributed by atoms with Crippen LogP contribution in [0.3, 0.4) is 0 Å². The van der Waals surface area contributed by atoms with Crippen molar-refractivity contribution in [3.63, 3.8) is 0 Å². The fraction of sp³-hybridized carbons (Fsp3) is 0.462. The molecule has 0 spiro atoms. The fourth-order valence-corrected chi connectivity index (χ4v) is 3.16. The summed E-state index contributed by atoms with van der Waals surface area (Å²) < 4.78 is 69.2. The van der Waals surface area contributed by atoms with Gasteiger partial charge >= 0.3 is 12.1 Å². The zero-order valence-electron chi connectivity index (χ0n) is 13.1. The molecule has 11 heteroatoms. The zero-order valence-corrected chi connectivity index (χ0v) is 14.8. The van der Waals surface area contributed by atoms with Crippen LogP contribution in [-0.2, 0) is 20.9 Å². The largest absolute Gasteiger partial charge is 0.465 e. The molecule has 0 aromatic heterocycles. The minimum atomic E-state index is -4.91. The number of carbonyl (C=O) groups is 1. The molecule has 0 fully saturated rings. The molecule has 138 valence electrons. The Morgan fingerprint density at radius 1 is 1.38 bits per heavy atom. The highest BCUT2D eigenvalue weighted by atomic mass is 35.5. The summed E-state index contributed by atoms with van der Waals surface area (Å²) in [6.07, 6.45) is -4.91. The van der Waals surface area contributed by atoms with Crippen molar-refractivity contribution in [2.24, 2.45) is 5.73 Å². The first-order valence-electron chi connectivity index (χ1n) is 6.44. The lowest BCUT2D eigenvalue weighted by molar-refractivity contribution is -0.138. The number of benzene rings is 1. The average Bonchev–Trinajstić information content (AvgIpc) is 2.50. The van der Waals surface area contributed by atoms with Crippen LogP contribution in [0.2, 0.25) is 0 Å². The number of ether oxygens (including phenoxy) is 1. The highest BCUT2D eigenvalue weighted by Gasteiger charge is 2.37. The number of esters is 1. The molecule has 1 atom stereocenters. The molecule has 0 bridgehead atoms. The van der Waals surface area contributed by atoms with Crippen molar-refractivity contribution in [1.29, 1.82) is 0 Å². The monoisotopic (exact) mass is 390 g/mol. The molecule has 1 unspecified atom stereocenters. The Morgan fingerprint density at radius 2 is 1.92 bits per heavy atom. The van der Waals surface area contributed by atoms with E-state index < -0.39 is 44.2 Å². The standard InChI is InChI=1S/C13H17F3N2O4S.ClH/c1-8(7-17)18(2)23(20,21)9-4-5-10(12(19)22-3)11(6-9)13(14,15)16;/h4-6,8H,7,17H2,1-3H3;1H. The van der Waals surface area contributed by atoms with Gasteiger partial charge in [-0.3, -0.25) is 0 Å². The summed E-state index contributed by atoms with van der Waals surface area (Å²) in [6.45, 7) is 1.52. The van der Waals surface area contributed by atoms with Crippen molar-refractivity contribution < 1.29 is 31.1 Å². The number of hydrogen-bond donors (Lipinski definition) is 1. The SMILES string of the molecule is COC(=O)c1ccc(S(=O)(=O)N(C)C(C)CN)cc1C(F)(F)F.Cl. The molecule has 1 aromatic carbocycles. The Hall–Kier alpha value is -1.36. The van der Waals surface area contributed by atoms with E-state index in [0.717, 1.165) is 23.5 Å². The molecule has 0 saturated carbocycles. The van der Waals surface area contributed by atoms with Gasteiger partial charge in [0.1, 0.15) is 0 Å². The van der Waals surface area contributed by atoms with Crippen LogP contribution >= 0.6 is 12.4 Å². The van der Waals surface area contributed by atoms with Crippen molar-refractivity contribution in [2.75, 3.05) is 20.7 Å². The Kier molecular flexibility index (Phi) is 7.68. The lowest BCUT2D eigenvalue weighted by Gasteiger charge is -2.23. The van der Waals surface area contributed by atoms with E-state index in [-0.39, 0.29) is 19.0 Å². The maximum absolute atomic E-state index is 13.1. The van der Waals surface area contributed by atoms with E-state index in [1.54, 1.807) is 0 Å². The van der Waals surface area contributed by atoms with Gasteiger partial charge in [0.2, 0.25) is 10.0 Å². The van der Waals surface area contributed by atoms with E-state index in [4.69, 9.17) is 5.73 Å². The topological polar surface area (TPSA) is 89.7 Å². The molecular formula is C13H18ClF3N2O4S. The van der Waals surface area contributed by atoms with Gasteiger partial charge in [-0.05, 0) is 25.1 Å². The number of hydrogen-bond acceptors (Lipinski definition) is 5. The van der Waals surface area contributed by atoms with Crippen molar-refractivity contribution in [3.8, 4) is 0 Å². The Labute approximate surface area is 144 Å². The highest BCUT2D eigenvalue weighted by Crippen LogP contribution is 2.34. The van der Waals surface area contributed by atoms with Gasteiger partial charge in [-0.2, -0.15) is 17.5 Å². The molecule has 1 aromatic rings. The van der Waals surface area contributed by atoms with Gasteiger partial charge in [0.05, 0.1) is 23.1 Å². The molecule has 0 saturated heterocycles. The van der Waals surface area contributed by atoms with E-state index in [2.05, 4.69) is 4.74 Å². The van der Waals surface area contributed by atoms with Gasteiger partial charge in [-0.1, -0.05) is 0 Å². The van der Waals surface area contributed by atoms with Crippen LogP contribution in [0.15, 0.2) is 23.1 Å². The third-order valence-corrected chi connectivity index (χ3v) is 5.31. The zero-order chi connectivity index (χ0) is 18.0. The van der Waals surface area contributed by atoms with Crippen LogP contribution in [0.25, 0.3) is 0 Å². The molecule has 0 aliphatic rings. The normalized spacial score (nSPS) is 13.3. The molecule has 1 rings (SSSR count). The van der Waals surface area contributed by atoms with E-state index in [9.17, 15) is 26.4 Å². The van der Waals surface area contributed by atoms with E-state index in [1.165, 1.54) is 14.0 Å². The fourth-order valence-electron chi connectivity index (χ4n) is 1.76. The molecule has 24 heavy (non-hydrogen) atoms. The van der Waals surface area contributed by atoms with Crippen LogP contribution in [0.5, 0.6) is 0 Å². The minimum absolute atomic E-state index is 0. The van der Waals surface area contributed by atoms with E-state index >= 15 is 0 Å². The van der Waals surface area contributed by atoms with Gasteiger partial charge in [0.25, 0.3) is 0 Å². The second kappa shape index (κ2) is 8.15. The second-order valence-corrected chi connectivity index (χ2v) is 6.80. The first-order chi connectivity index (χ1) is 10.5. The quantitative estimate of drug-likeness (QED) is 0.775. The minimum Gasteiger partial charge on any atom is -0.465 e. The number of carbonyl (C=O) groups excluding carboxylic acids is 1. The molecule has 0 aliphatic heterocycles. The Bertz CT molecular complexity index is 695. The maximum Gasteiger partial charge on any atom is 0.417 e. The number of nitrogens with two attached hydrogens (primary N) is 1. The van der Waals surface area contributed by atoms with Gasteiger partial charge in [-0.15, -0.1) is 12.4 Å². The Balaban J connectivity index is 0.00000529. The van der Waals surface area contributed by atoms with Gasteiger partial charge < -0.3 is 10.5 Å². The van der Waals surface area contributed by atoms with Crippen molar-refractivity contribution in [3.05, 3.63) is 29.3 Å². The summed E-state index contributed by atoms with van der Waals surface area (Å²) in [5.74, 6) is -1.20. The summed E-state index contributed by atoms with van der Waals surface area (Å²) in [5, 5.41) is 0. The van der Waals surface area contributed by atoms with Crippen LogP contribution in [-0.4, -0.2) is 45.4 Å². The number of rotatable bonds is 5. The predicted octanol–water partition coefficient (Wildman–Crippen LogP) is 1.88. The highest BCUT2D eigenvalue weighted by molar-refractivity contribution is 7.89. The third-order valence-electron chi connectivity index (χ3n) is 3.34. The summed E-state index contributed by atoms with van der Waals surface area (Å²) in [4.78, 5) is 10.8. The van der Waals surface area contributed by atoms with Crippen LogP contribution in [0.1, 0.15) is 22.8 Å². The molecule has 0 heterocycles. The number of halogens is 4. The molecule has 6 nitrogen and oxygen atoms in total. The number of alkyl halides is 3. The molecule has 0 radical (unpaired) electrons. The lowest BCUT2D eigenvalue weighted by atomic mass is 10.1. The van der Waals surface area contributed by atoms with Crippen molar-refractivity contribution >= 4 is 28.4 Å².